The van der Waals surface area contributed by atoms with Crippen molar-refractivity contribution in [2.45, 2.75) is 0 Å². The maximum atomic E-state index is 4.73. The number of para-hydroxylation sites is 1. The second kappa shape index (κ2) is 4.09. The van der Waals surface area contributed by atoms with Crippen LogP contribution in [-0.4, -0.2) is 23.7 Å². The van der Waals surface area contributed by atoms with Gasteiger partial charge in [-0.05, 0) is 30.0 Å². The molecule has 0 fully saturated rings. The van der Waals surface area contributed by atoms with Gasteiger partial charge in [0.1, 0.15) is 0 Å². The van der Waals surface area contributed by atoms with E-state index in [1.165, 1.54) is 16.7 Å². The first-order chi connectivity index (χ1) is 9.40. The molecule has 0 aliphatic carbocycles. The summed E-state index contributed by atoms with van der Waals surface area (Å²) < 4.78 is 0. The van der Waals surface area contributed by atoms with Crippen LogP contribution in [0.2, 0.25) is 0 Å². The maximum Gasteiger partial charge on any atom is 0.0716 e. The lowest BCUT2D eigenvalue weighted by atomic mass is 10.0. The van der Waals surface area contributed by atoms with Crippen LogP contribution < -0.4 is 0 Å². The van der Waals surface area contributed by atoms with Gasteiger partial charge in [-0.3, -0.25) is 0 Å². The van der Waals surface area contributed by atoms with E-state index in [1.807, 2.05) is 6.07 Å². The topological polar surface area (TPSA) is 15.6 Å². The highest BCUT2D eigenvalue weighted by Gasteiger charge is 2.19. The van der Waals surface area contributed by atoms with E-state index < -0.39 is 0 Å². The van der Waals surface area contributed by atoms with Gasteiger partial charge in [-0.15, -0.1) is 0 Å². The third-order valence-electron chi connectivity index (χ3n) is 3.69. The third-order valence-corrected chi connectivity index (χ3v) is 3.69. The Hall–Kier alpha value is -2.35. The molecule has 0 atom stereocenters. The summed E-state index contributed by atoms with van der Waals surface area (Å²) in [6.07, 6.45) is 13.0. The lowest BCUT2D eigenvalue weighted by molar-refractivity contribution is 0.450. The van der Waals surface area contributed by atoms with Crippen LogP contribution in [0.25, 0.3) is 5.57 Å². The predicted molar refractivity (Wildman–Crippen MR) is 79.5 cm³/mol. The first-order valence-corrected chi connectivity index (χ1v) is 6.58. The summed E-state index contributed by atoms with van der Waals surface area (Å²) in [5.41, 5.74) is 6.00. The monoisotopic (exact) mass is 246 g/mol. The number of allylic oxidation sites excluding steroid dienone is 4. The number of hydrogen-bond donors (Lipinski definition) is 0. The van der Waals surface area contributed by atoms with Gasteiger partial charge in [0.15, 0.2) is 0 Å². The van der Waals surface area contributed by atoms with Crippen LogP contribution in [0.15, 0.2) is 71.4 Å². The fourth-order valence-electron chi connectivity index (χ4n) is 2.72. The summed E-state index contributed by atoms with van der Waals surface area (Å²) in [5, 5.41) is 0. The van der Waals surface area contributed by atoms with Gasteiger partial charge in [-0.2, -0.15) is 0 Å². The summed E-state index contributed by atoms with van der Waals surface area (Å²) in [7, 11) is 0. The largest absolute Gasteiger partial charge is 0.369 e. The van der Waals surface area contributed by atoms with Crippen molar-refractivity contribution in [3.05, 3.63) is 72.0 Å². The van der Waals surface area contributed by atoms with E-state index in [4.69, 9.17) is 4.99 Å². The highest BCUT2D eigenvalue weighted by atomic mass is 15.1. The van der Waals surface area contributed by atoms with Crippen molar-refractivity contribution >= 4 is 17.0 Å². The van der Waals surface area contributed by atoms with Gasteiger partial charge in [-0.1, -0.05) is 36.4 Å². The van der Waals surface area contributed by atoms with Crippen molar-refractivity contribution in [1.82, 2.24) is 4.90 Å². The number of nitrogens with zero attached hydrogens (tertiary/aromatic N) is 2. The van der Waals surface area contributed by atoms with Crippen molar-refractivity contribution < 1.29 is 0 Å². The summed E-state index contributed by atoms with van der Waals surface area (Å²) in [6, 6.07) is 8.35. The number of aliphatic imine (C=N–C) groups is 1. The van der Waals surface area contributed by atoms with Crippen LogP contribution in [0.5, 0.6) is 0 Å². The lowest BCUT2D eigenvalue weighted by Crippen LogP contribution is -2.21. The molecule has 0 N–H and O–H groups in total. The van der Waals surface area contributed by atoms with Crippen LogP contribution in [0, 0.1) is 0 Å². The molecule has 1 aromatic carbocycles. The Morgan fingerprint density at radius 1 is 1.11 bits per heavy atom. The number of hydrogen-bond acceptors (Lipinski definition) is 2. The fourth-order valence-corrected chi connectivity index (χ4v) is 2.72. The molecular weight excluding hydrogens is 232 g/mol. The van der Waals surface area contributed by atoms with E-state index in [1.54, 1.807) is 0 Å². The van der Waals surface area contributed by atoms with E-state index in [0.29, 0.717) is 0 Å². The summed E-state index contributed by atoms with van der Waals surface area (Å²) in [5.74, 6) is 0. The van der Waals surface area contributed by atoms with Gasteiger partial charge in [-0.25, -0.2) is 4.99 Å². The van der Waals surface area contributed by atoms with E-state index >= 15 is 0 Å². The molecule has 2 nitrogen and oxygen atoms in total. The first kappa shape index (κ1) is 10.6. The van der Waals surface area contributed by atoms with Crippen molar-refractivity contribution in [3.8, 4) is 0 Å². The summed E-state index contributed by atoms with van der Waals surface area (Å²) in [6.45, 7) is 1.91. The smallest absolute Gasteiger partial charge is 0.0716 e. The Morgan fingerprint density at radius 3 is 3.05 bits per heavy atom. The molecule has 92 valence electrons. The Labute approximate surface area is 112 Å². The van der Waals surface area contributed by atoms with Crippen LogP contribution in [-0.2, 0) is 0 Å². The molecule has 0 saturated heterocycles. The molecule has 2 bridgehead atoms. The summed E-state index contributed by atoms with van der Waals surface area (Å²) in [4.78, 5) is 7.04. The minimum atomic E-state index is 0.929. The zero-order valence-corrected chi connectivity index (χ0v) is 10.6. The van der Waals surface area contributed by atoms with Crippen LogP contribution in [0.3, 0.4) is 0 Å². The quantitative estimate of drug-likeness (QED) is 0.684. The van der Waals surface area contributed by atoms with Crippen LogP contribution >= 0.6 is 0 Å². The van der Waals surface area contributed by atoms with Crippen LogP contribution in [0.1, 0.15) is 5.56 Å². The Morgan fingerprint density at radius 2 is 2.05 bits per heavy atom. The molecule has 3 heterocycles. The lowest BCUT2D eigenvalue weighted by Gasteiger charge is -2.21. The molecule has 19 heavy (non-hydrogen) atoms. The SMILES string of the molecule is C1=CN2CC=C3C(=Nc4ccccc43)C=CC(=C1)C2. The molecule has 0 saturated carbocycles. The Balaban J connectivity index is 1.84. The normalized spacial score (nSPS) is 19.6. The molecule has 0 aromatic heterocycles. The van der Waals surface area contributed by atoms with Gasteiger partial charge in [0.25, 0.3) is 0 Å². The predicted octanol–water partition coefficient (Wildman–Crippen LogP) is 3.48. The molecule has 3 aliphatic heterocycles. The Kier molecular flexibility index (Phi) is 2.27. The van der Waals surface area contributed by atoms with Gasteiger partial charge in [0.2, 0.25) is 0 Å². The molecule has 2 heteroatoms. The fraction of sp³-hybridized carbons (Fsp3) is 0.118. The standard InChI is InChI=1S/C17H14N2/c1-2-6-16-14(5-1)15-9-11-19-10-3-4-13(12-19)7-8-17(15)18-16/h1-10H,11-12H2. The minimum absolute atomic E-state index is 0.929. The molecular formula is C17H14N2. The van der Waals surface area contributed by atoms with Crippen molar-refractivity contribution in [2.24, 2.45) is 4.99 Å². The molecule has 4 rings (SSSR count). The highest BCUT2D eigenvalue weighted by molar-refractivity contribution is 6.33. The molecule has 0 spiro atoms. The molecule has 0 radical (unpaired) electrons. The highest BCUT2D eigenvalue weighted by Crippen LogP contribution is 2.35. The minimum Gasteiger partial charge on any atom is -0.369 e. The average Bonchev–Trinajstić information content (AvgIpc) is 2.82. The molecule has 0 unspecified atom stereocenters. The number of benzene rings is 1. The van der Waals surface area contributed by atoms with E-state index in [-0.39, 0.29) is 0 Å². The third kappa shape index (κ3) is 1.76. The number of rotatable bonds is 0. The average molecular weight is 246 g/mol. The molecule has 0 amide bonds. The second-order valence-electron chi connectivity index (χ2n) is 4.98. The zero-order valence-electron chi connectivity index (χ0n) is 10.6. The second-order valence-corrected chi connectivity index (χ2v) is 4.98. The first-order valence-electron chi connectivity index (χ1n) is 6.58. The van der Waals surface area contributed by atoms with Crippen molar-refractivity contribution in [1.29, 1.82) is 0 Å². The van der Waals surface area contributed by atoms with Gasteiger partial charge >= 0.3 is 0 Å². The van der Waals surface area contributed by atoms with Crippen molar-refractivity contribution in [3.63, 3.8) is 0 Å². The van der Waals surface area contributed by atoms with E-state index in [0.717, 1.165) is 24.5 Å². The van der Waals surface area contributed by atoms with E-state index in [2.05, 4.69) is 59.7 Å². The summed E-state index contributed by atoms with van der Waals surface area (Å²) >= 11 is 0. The van der Waals surface area contributed by atoms with Crippen molar-refractivity contribution in [2.75, 3.05) is 13.1 Å². The van der Waals surface area contributed by atoms with Gasteiger partial charge in [0.05, 0.1) is 11.4 Å². The molecule has 3 aliphatic rings. The Bertz CT molecular complexity index is 687. The number of fused-ring (bicyclic) bond motifs is 5. The van der Waals surface area contributed by atoms with Gasteiger partial charge in [0, 0.05) is 24.2 Å². The van der Waals surface area contributed by atoms with E-state index in [9.17, 15) is 0 Å². The zero-order chi connectivity index (χ0) is 12.7. The van der Waals surface area contributed by atoms with Gasteiger partial charge < -0.3 is 4.90 Å². The molecule has 1 aromatic rings. The maximum absolute atomic E-state index is 4.73. The van der Waals surface area contributed by atoms with Crippen LogP contribution in [0.4, 0.5) is 5.69 Å².